The van der Waals surface area contributed by atoms with Gasteiger partial charge < -0.3 is 15.5 Å². The molecule has 2 rings (SSSR count). The number of rotatable bonds is 5. The third-order valence-electron chi connectivity index (χ3n) is 4.31. The lowest BCUT2D eigenvalue weighted by molar-refractivity contribution is -0.146. The molecule has 2 fully saturated rings. The number of hydrogen-bond donors (Lipinski definition) is 3. The maximum Gasteiger partial charge on any atom is 0.317 e. The van der Waals surface area contributed by atoms with E-state index in [1.165, 1.54) is 19.3 Å². The van der Waals surface area contributed by atoms with E-state index in [1.54, 1.807) is 4.90 Å². The van der Waals surface area contributed by atoms with Crippen LogP contribution < -0.4 is 5.32 Å². The van der Waals surface area contributed by atoms with Gasteiger partial charge in [0.2, 0.25) is 0 Å². The fourth-order valence-corrected chi connectivity index (χ4v) is 3.41. The molecular weight excluding hydrogens is 260 g/mol. The Morgan fingerprint density at radius 2 is 1.75 bits per heavy atom. The highest BCUT2D eigenvalue weighted by atomic mass is 16.4. The molecule has 0 amide bonds. The van der Waals surface area contributed by atoms with Crippen molar-refractivity contribution in [3.05, 3.63) is 0 Å². The molecule has 6 heteroatoms. The lowest BCUT2D eigenvalue weighted by Gasteiger charge is -2.38. The number of carboxylic acids is 2. The predicted octanol–water partition coefficient (Wildman–Crippen LogP) is 0.768. The SMILES string of the molecule is O=C(O)CN1CC(NC2CCCCC2)CC(C(=O)O)C1. The molecule has 0 radical (unpaired) electrons. The van der Waals surface area contributed by atoms with E-state index >= 15 is 0 Å². The van der Waals surface area contributed by atoms with Crippen molar-refractivity contribution >= 4 is 11.9 Å². The van der Waals surface area contributed by atoms with Crippen LogP contribution in [0.25, 0.3) is 0 Å². The van der Waals surface area contributed by atoms with Gasteiger partial charge >= 0.3 is 11.9 Å². The minimum Gasteiger partial charge on any atom is -0.481 e. The number of piperidine rings is 1. The Labute approximate surface area is 119 Å². The third-order valence-corrected chi connectivity index (χ3v) is 4.31. The molecule has 0 aromatic carbocycles. The van der Waals surface area contributed by atoms with Gasteiger partial charge in [0.15, 0.2) is 0 Å². The Hall–Kier alpha value is -1.14. The van der Waals surface area contributed by atoms with E-state index in [0.29, 0.717) is 25.6 Å². The number of carboxylic acid groups (broad SMARTS) is 2. The van der Waals surface area contributed by atoms with E-state index in [1.807, 2.05) is 0 Å². The first-order valence-corrected chi connectivity index (χ1v) is 7.47. The summed E-state index contributed by atoms with van der Waals surface area (Å²) in [5, 5.41) is 21.6. The Balaban J connectivity index is 1.91. The van der Waals surface area contributed by atoms with Crippen LogP contribution in [0, 0.1) is 5.92 Å². The van der Waals surface area contributed by atoms with Crippen LogP contribution in [-0.4, -0.2) is 58.8 Å². The van der Waals surface area contributed by atoms with Crippen molar-refractivity contribution in [2.45, 2.75) is 50.6 Å². The van der Waals surface area contributed by atoms with Crippen molar-refractivity contribution in [2.75, 3.05) is 19.6 Å². The Kier molecular flexibility index (Phi) is 5.37. The van der Waals surface area contributed by atoms with E-state index in [0.717, 1.165) is 12.8 Å². The van der Waals surface area contributed by atoms with Gasteiger partial charge in [-0.15, -0.1) is 0 Å². The van der Waals surface area contributed by atoms with Crippen LogP contribution in [0.2, 0.25) is 0 Å². The lowest BCUT2D eigenvalue weighted by Crippen LogP contribution is -2.54. The molecule has 1 aliphatic heterocycles. The smallest absolute Gasteiger partial charge is 0.317 e. The second-order valence-electron chi connectivity index (χ2n) is 6.06. The Morgan fingerprint density at radius 3 is 2.35 bits per heavy atom. The van der Waals surface area contributed by atoms with Crippen molar-refractivity contribution in [1.82, 2.24) is 10.2 Å². The van der Waals surface area contributed by atoms with Gasteiger partial charge in [0.25, 0.3) is 0 Å². The first-order chi connectivity index (χ1) is 9.54. The third kappa shape index (κ3) is 4.45. The summed E-state index contributed by atoms with van der Waals surface area (Å²) in [7, 11) is 0. The minimum atomic E-state index is -0.896. The van der Waals surface area contributed by atoms with Gasteiger partial charge in [-0.05, 0) is 19.3 Å². The molecule has 3 N–H and O–H groups in total. The number of nitrogens with one attached hydrogen (secondary N) is 1. The molecule has 1 aliphatic carbocycles. The molecule has 1 heterocycles. The highest BCUT2D eigenvalue weighted by Gasteiger charge is 2.33. The first kappa shape index (κ1) is 15.3. The summed E-state index contributed by atoms with van der Waals surface area (Å²) in [6.45, 7) is 0.893. The molecular formula is C14H24N2O4. The molecule has 6 nitrogen and oxygen atoms in total. The Bertz CT molecular complexity index is 355. The molecule has 0 aromatic heterocycles. The number of likely N-dealkylation sites (tertiary alicyclic amines) is 1. The quantitative estimate of drug-likeness (QED) is 0.691. The van der Waals surface area contributed by atoms with Crippen LogP contribution in [-0.2, 0) is 9.59 Å². The summed E-state index contributed by atoms with van der Waals surface area (Å²) < 4.78 is 0. The monoisotopic (exact) mass is 284 g/mol. The fraction of sp³-hybridized carbons (Fsp3) is 0.857. The van der Waals surface area contributed by atoms with E-state index in [-0.39, 0.29) is 12.6 Å². The van der Waals surface area contributed by atoms with Gasteiger partial charge in [-0.25, -0.2) is 0 Å². The fourth-order valence-electron chi connectivity index (χ4n) is 3.41. The number of nitrogens with zero attached hydrogens (tertiary/aromatic N) is 1. The maximum absolute atomic E-state index is 11.2. The molecule has 0 bridgehead atoms. The van der Waals surface area contributed by atoms with Crippen LogP contribution in [0.1, 0.15) is 38.5 Å². The van der Waals surface area contributed by atoms with Crippen LogP contribution >= 0.6 is 0 Å². The van der Waals surface area contributed by atoms with Crippen molar-refractivity contribution in [2.24, 2.45) is 5.92 Å². The van der Waals surface area contributed by atoms with Crippen molar-refractivity contribution in [3.63, 3.8) is 0 Å². The number of carbonyl (C=O) groups is 2. The number of hydrogen-bond acceptors (Lipinski definition) is 4. The number of aliphatic carboxylic acids is 2. The summed E-state index contributed by atoms with van der Waals surface area (Å²) in [5.41, 5.74) is 0. The molecule has 20 heavy (non-hydrogen) atoms. The molecule has 2 unspecified atom stereocenters. The lowest BCUT2D eigenvalue weighted by atomic mass is 9.90. The molecule has 2 atom stereocenters. The summed E-state index contributed by atoms with van der Waals surface area (Å²) in [6.07, 6.45) is 6.63. The van der Waals surface area contributed by atoms with Gasteiger partial charge in [0.05, 0.1) is 12.5 Å². The van der Waals surface area contributed by atoms with E-state index in [4.69, 9.17) is 5.11 Å². The second kappa shape index (κ2) is 7.04. The standard InChI is InChI=1S/C14H24N2O4/c17-13(18)9-16-7-10(14(19)20)6-12(8-16)15-11-4-2-1-3-5-11/h10-12,15H,1-9H2,(H,17,18)(H,19,20). The van der Waals surface area contributed by atoms with Crippen LogP contribution in [0.3, 0.4) is 0 Å². The zero-order valence-electron chi connectivity index (χ0n) is 11.8. The minimum absolute atomic E-state index is 0.0768. The van der Waals surface area contributed by atoms with E-state index < -0.39 is 17.9 Å². The summed E-state index contributed by atoms with van der Waals surface area (Å²) in [6, 6.07) is 0.556. The zero-order chi connectivity index (χ0) is 14.5. The summed E-state index contributed by atoms with van der Waals surface area (Å²) in [4.78, 5) is 23.8. The second-order valence-corrected chi connectivity index (χ2v) is 6.06. The topological polar surface area (TPSA) is 89.9 Å². The average molecular weight is 284 g/mol. The molecule has 0 spiro atoms. The van der Waals surface area contributed by atoms with Crippen LogP contribution in [0.15, 0.2) is 0 Å². The maximum atomic E-state index is 11.2. The largest absolute Gasteiger partial charge is 0.481 e. The summed E-state index contributed by atoms with van der Waals surface area (Å²) >= 11 is 0. The van der Waals surface area contributed by atoms with Gasteiger partial charge in [-0.3, -0.25) is 14.5 Å². The highest BCUT2D eigenvalue weighted by molar-refractivity contribution is 5.71. The van der Waals surface area contributed by atoms with Crippen LogP contribution in [0.4, 0.5) is 0 Å². The van der Waals surface area contributed by atoms with E-state index in [9.17, 15) is 14.7 Å². The van der Waals surface area contributed by atoms with Gasteiger partial charge in [-0.2, -0.15) is 0 Å². The normalized spacial score (nSPS) is 29.2. The molecule has 1 saturated carbocycles. The molecule has 0 aromatic rings. The van der Waals surface area contributed by atoms with E-state index in [2.05, 4.69) is 5.32 Å². The summed E-state index contributed by atoms with van der Waals surface area (Å²) in [5.74, 6) is -2.19. The van der Waals surface area contributed by atoms with Gasteiger partial charge in [0.1, 0.15) is 0 Å². The van der Waals surface area contributed by atoms with Crippen LogP contribution in [0.5, 0.6) is 0 Å². The van der Waals surface area contributed by atoms with Gasteiger partial charge in [-0.1, -0.05) is 19.3 Å². The highest BCUT2D eigenvalue weighted by Crippen LogP contribution is 2.22. The average Bonchev–Trinajstić information content (AvgIpc) is 2.38. The van der Waals surface area contributed by atoms with Crippen molar-refractivity contribution in [1.29, 1.82) is 0 Å². The predicted molar refractivity (Wildman–Crippen MR) is 73.6 cm³/mol. The molecule has 114 valence electrons. The Morgan fingerprint density at radius 1 is 1.05 bits per heavy atom. The van der Waals surface area contributed by atoms with Crippen molar-refractivity contribution < 1.29 is 19.8 Å². The first-order valence-electron chi connectivity index (χ1n) is 7.47. The zero-order valence-corrected chi connectivity index (χ0v) is 11.8. The molecule has 1 saturated heterocycles. The molecule has 2 aliphatic rings. The van der Waals surface area contributed by atoms with Gasteiger partial charge in [0, 0.05) is 25.2 Å². The van der Waals surface area contributed by atoms with Crippen molar-refractivity contribution in [3.8, 4) is 0 Å².